The molecular formula is C12H19ClN2OS. The Balaban J connectivity index is 0.00000144. The Labute approximate surface area is 112 Å². The molecule has 0 spiro atoms. The van der Waals surface area contributed by atoms with E-state index in [0.29, 0.717) is 0 Å². The van der Waals surface area contributed by atoms with E-state index in [2.05, 4.69) is 5.32 Å². The van der Waals surface area contributed by atoms with Crippen LogP contribution in [0.15, 0.2) is 11.4 Å². The maximum atomic E-state index is 12.0. The van der Waals surface area contributed by atoms with E-state index < -0.39 is 0 Å². The molecule has 0 aromatic carbocycles. The smallest absolute Gasteiger partial charge is 0.261 e. The number of aryl methyl sites for hydroxylation is 1. The van der Waals surface area contributed by atoms with E-state index in [-0.39, 0.29) is 30.4 Å². The number of halogens is 1. The summed E-state index contributed by atoms with van der Waals surface area (Å²) in [7, 11) is 0. The summed E-state index contributed by atoms with van der Waals surface area (Å²) < 4.78 is 0. The average Bonchev–Trinajstić information content (AvgIpc) is 2.68. The summed E-state index contributed by atoms with van der Waals surface area (Å²) in [4.78, 5) is 12.8. The van der Waals surface area contributed by atoms with Crippen molar-refractivity contribution < 1.29 is 4.79 Å². The number of carbonyl (C=O) groups excluding carboxylic acids is 1. The Kier molecular flexibility index (Phi) is 5.43. The van der Waals surface area contributed by atoms with Crippen LogP contribution in [0.25, 0.3) is 0 Å². The molecule has 5 heteroatoms. The molecule has 2 atom stereocenters. The number of thiophene rings is 1. The molecular weight excluding hydrogens is 256 g/mol. The lowest BCUT2D eigenvalue weighted by molar-refractivity contribution is 0.0925. The Morgan fingerprint density at radius 1 is 1.47 bits per heavy atom. The first-order chi connectivity index (χ1) is 7.68. The van der Waals surface area contributed by atoms with Gasteiger partial charge in [-0.15, -0.1) is 23.7 Å². The minimum absolute atomic E-state index is 0. The summed E-state index contributed by atoms with van der Waals surface area (Å²) in [6.07, 6.45) is 4.39. The maximum Gasteiger partial charge on any atom is 0.261 e. The van der Waals surface area contributed by atoms with Gasteiger partial charge in [0.2, 0.25) is 0 Å². The van der Waals surface area contributed by atoms with E-state index in [4.69, 9.17) is 5.73 Å². The van der Waals surface area contributed by atoms with E-state index in [9.17, 15) is 4.79 Å². The molecule has 1 aliphatic carbocycles. The van der Waals surface area contributed by atoms with E-state index in [0.717, 1.165) is 23.3 Å². The summed E-state index contributed by atoms with van der Waals surface area (Å²) >= 11 is 1.49. The molecule has 2 rings (SSSR count). The monoisotopic (exact) mass is 274 g/mol. The first-order valence-corrected chi connectivity index (χ1v) is 6.67. The van der Waals surface area contributed by atoms with Gasteiger partial charge < -0.3 is 11.1 Å². The molecule has 0 radical (unpaired) electrons. The second-order valence-electron chi connectivity index (χ2n) is 4.46. The third-order valence-electron chi connectivity index (χ3n) is 3.20. The highest BCUT2D eigenvalue weighted by molar-refractivity contribution is 7.12. The fourth-order valence-corrected chi connectivity index (χ4v) is 3.01. The van der Waals surface area contributed by atoms with Gasteiger partial charge in [0.15, 0.2) is 0 Å². The molecule has 1 saturated carbocycles. The Bertz CT molecular complexity index is 380. The molecule has 17 heavy (non-hydrogen) atoms. The van der Waals surface area contributed by atoms with Crippen LogP contribution < -0.4 is 11.1 Å². The first-order valence-electron chi connectivity index (χ1n) is 5.79. The lowest BCUT2D eigenvalue weighted by Crippen LogP contribution is -2.49. The lowest BCUT2D eigenvalue weighted by Gasteiger charge is -2.29. The van der Waals surface area contributed by atoms with E-state index in [1.165, 1.54) is 24.2 Å². The molecule has 2 unspecified atom stereocenters. The molecule has 1 fully saturated rings. The molecule has 3 N–H and O–H groups in total. The van der Waals surface area contributed by atoms with E-state index in [1.807, 2.05) is 18.4 Å². The van der Waals surface area contributed by atoms with Gasteiger partial charge in [-0.1, -0.05) is 12.8 Å². The highest BCUT2D eigenvalue weighted by atomic mass is 35.5. The largest absolute Gasteiger partial charge is 0.347 e. The average molecular weight is 275 g/mol. The molecule has 96 valence electrons. The summed E-state index contributed by atoms with van der Waals surface area (Å²) in [5.41, 5.74) is 7.06. The number of nitrogens with one attached hydrogen (secondary N) is 1. The maximum absolute atomic E-state index is 12.0. The lowest BCUT2D eigenvalue weighted by atomic mass is 9.91. The van der Waals surface area contributed by atoms with Crippen molar-refractivity contribution in [2.75, 3.05) is 0 Å². The second-order valence-corrected chi connectivity index (χ2v) is 5.38. The van der Waals surface area contributed by atoms with Gasteiger partial charge in [-0.25, -0.2) is 0 Å². The van der Waals surface area contributed by atoms with Gasteiger partial charge in [0.05, 0.1) is 4.88 Å². The minimum Gasteiger partial charge on any atom is -0.347 e. The van der Waals surface area contributed by atoms with Gasteiger partial charge in [0, 0.05) is 12.1 Å². The number of nitrogens with two attached hydrogens (primary N) is 1. The molecule has 1 aromatic heterocycles. The quantitative estimate of drug-likeness (QED) is 0.871. The van der Waals surface area contributed by atoms with Crippen molar-refractivity contribution in [1.29, 1.82) is 0 Å². The van der Waals surface area contributed by atoms with Crippen LogP contribution in [0.1, 0.15) is 40.9 Å². The number of hydrogen-bond acceptors (Lipinski definition) is 3. The predicted octanol–water partition coefficient (Wildman–Crippen LogP) is 2.48. The first kappa shape index (κ1) is 14.5. The SMILES string of the molecule is Cc1ccsc1C(=O)NC1CCCCC1N.Cl. The molecule has 3 nitrogen and oxygen atoms in total. The normalized spacial score (nSPS) is 23.9. The zero-order chi connectivity index (χ0) is 11.5. The molecule has 0 bridgehead atoms. The molecule has 1 aromatic rings. The number of hydrogen-bond donors (Lipinski definition) is 2. The third kappa shape index (κ3) is 3.44. The summed E-state index contributed by atoms with van der Waals surface area (Å²) in [6, 6.07) is 2.25. The molecule has 1 amide bonds. The Morgan fingerprint density at radius 2 is 2.18 bits per heavy atom. The van der Waals surface area contributed by atoms with Crippen molar-refractivity contribution in [3.63, 3.8) is 0 Å². The van der Waals surface area contributed by atoms with Crippen LogP contribution in [0.3, 0.4) is 0 Å². The van der Waals surface area contributed by atoms with Crippen LogP contribution >= 0.6 is 23.7 Å². The fraction of sp³-hybridized carbons (Fsp3) is 0.583. The molecule has 1 heterocycles. The van der Waals surface area contributed by atoms with Crippen LogP contribution in [0, 0.1) is 6.92 Å². The van der Waals surface area contributed by atoms with Crippen LogP contribution in [-0.2, 0) is 0 Å². The summed E-state index contributed by atoms with van der Waals surface area (Å²) in [5.74, 6) is 0.0369. The minimum atomic E-state index is 0. The van der Waals surface area contributed by atoms with Gasteiger partial charge in [0.25, 0.3) is 5.91 Å². The van der Waals surface area contributed by atoms with Gasteiger partial charge >= 0.3 is 0 Å². The van der Waals surface area contributed by atoms with Gasteiger partial charge in [0.1, 0.15) is 0 Å². The topological polar surface area (TPSA) is 55.1 Å². The van der Waals surface area contributed by atoms with Gasteiger partial charge in [-0.3, -0.25) is 4.79 Å². The number of rotatable bonds is 2. The number of carbonyl (C=O) groups is 1. The second kappa shape index (κ2) is 6.38. The molecule has 1 aliphatic rings. The Hall–Kier alpha value is -0.580. The summed E-state index contributed by atoms with van der Waals surface area (Å²) in [5, 5.41) is 5.01. The highest BCUT2D eigenvalue weighted by Crippen LogP contribution is 2.19. The summed E-state index contributed by atoms with van der Waals surface area (Å²) in [6.45, 7) is 1.96. The van der Waals surface area contributed by atoms with E-state index >= 15 is 0 Å². The molecule has 0 aliphatic heterocycles. The zero-order valence-corrected chi connectivity index (χ0v) is 11.6. The van der Waals surface area contributed by atoms with Crippen molar-refractivity contribution >= 4 is 29.7 Å². The van der Waals surface area contributed by atoms with Crippen molar-refractivity contribution in [3.05, 3.63) is 21.9 Å². The Morgan fingerprint density at radius 3 is 2.76 bits per heavy atom. The van der Waals surface area contributed by atoms with Crippen LogP contribution in [0.4, 0.5) is 0 Å². The van der Waals surface area contributed by atoms with E-state index in [1.54, 1.807) is 0 Å². The molecule has 0 saturated heterocycles. The fourth-order valence-electron chi connectivity index (χ4n) is 2.18. The van der Waals surface area contributed by atoms with Crippen LogP contribution in [0.2, 0.25) is 0 Å². The highest BCUT2D eigenvalue weighted by Gasteiger charge is 2.24. The van der Waals surface area contributed by atoms with Gasteiger partial charge in [-0.05, 0) is 36.8 Å². The van der Waals surface area contributed by atoms with Crippen molar-refractivity contribution in [1.82, 2.24) is 5.32 Å². The van der Waals surface area contributed by atoms with Crippen molar-refractivity contribution in [2.45, 2.75) is 44.7 Å². The van der Waals surface area contributed by atoms with Crippen molar-refractivity contribution in [3.8, 4) is 0 Å². The van der Waals surface area contributed by atoms with Gasteiger partial charge in [-0.2, -0.15) is 0 Å². The standard InChI is InChI=1S/C12H18N2OS.ClH/c1-8-6-7-16-11(8)12(15)14-10-5-3-2-4-9(10)13;/h6-7,9-10H,2-5,13H2,1H3,(H,14,15);1H. The zero-order valence-electron chi connectivity index (χ0n) is 9.94. The van der Waals surface area contributed by atoms with Crippen LogP contribution in [-0.4, -0.2) is 18.0 Å². The predicted molar refractivity (Wildman–Crippen MR) is 74.0 cm³/mol. The van der Waals surface area contributed by atoms with Crippen LogP contribution in [0.5, 0.6) is 0 Å². The number of amides is 1. The van der Waals surface area contributed by atoms with Crippen molar-refractivity contribution in [2.24, 2.45) is 5.73 Å². The third-order valence-corrected chi connectivity index (χ3v) is 4.22.